The third kappa shape index (κ3) is 4.68. The Balaban J connectivity index is 5.52. The molecule has 0 aliphatic carbocycles. The van der Waals surface area contributed by atoms with Gasteiger partial charge in [0.25, 0.3) is 11.1 Å². The maximum atomic E-state index is 9.16. The fraction of sp³-hybridized carbons (Fsp3) is 0.714. The van der Waals surface area contributed by atoms with Gasteiger partial charge in [-0.3, -0.25) is 0 Å². The van der Waals surface area contributed by atoms with Gasteiger partial charge in [0, 0.05) is 12.8 Å². The van der Waals surface area contributed by atoms with Gasteiger partial charge < -0.3 is 0 Å². The van der Waals surface area contributed by atoms with Crippen molar-refractivity contribution in [2.24, 2.45) is 22.1 Å². The first-order valence-electron chi connectivity index (χ1n) is 6.37. The molecule has 6 heteroatoms. The third-order valence-corrected chi connectivity index (χ3v) is 2.54. The van der Waals surface area contributed by atoms with Crippen LogP contribution in [0.5, 0.6) is 0 Å². The maximum Gasteiger partial charge on any atom is 0.252 e. The molecule has 0 heterocycles. The Hall–Kier alpha value is -2.44. The predicted octanol–water partition coefficient (Wildman–Crippen LogP) is 3.10. The molecule has 0 amide bonds. The molecule has 104 valence electrons. The molecule has 0 fully saturated rings. The quantitative estimate of drug-likeness (QED) is 0.688. The van der Waals surface area contributed by atoms with Crippen molar-refractivity contribution >= 4 is 0 Å². The van der Waals surface area contributed by atoms with Gasteiger partial charge in [0.2, 0.25) is 0 Å². The van der Waals surface area contributed by atoms with Crippen LogP contribution in [0.3, 0.4) is 0 Å². The van der Waals surface area contributed by atoms with Crippen molar-refractivity contribution in [1.82, 2.24) is 0 Å². The van der Waals surface area contributed by atoms with Crippen LogP contribution in [0.15, 0.2) is 10.2 Å². The van der Waals surface area contributed by atoms with E-state index >= 15 is 0 Å². The van der Waals surface area contributed by atoms with Gasteiger partial charge in [0.1, 0.15) is 24.3 Å². The van der Waals surface area contributed by atoms with Crippen molar-refractivity contribution in [2.75, 3.05) is 0 Å². The second-order valence-corrected chi connectivity index (χ2v) is 5.56. The summed E-state index contributed by atoms with van der Waals surface area (Å²) in [5.41, 5.74) is -3.27. The Bertz CT molecular complexity index is 442. The van der Waals surface area contributed by atoms with E-state index in [4.69, 9.17) is 21.0 Å². The van der Waals surface area contributed by atoms with Gasteiger partial charge in [-0.2, -0.15) is 31.3 Å². The summed E-state index contributed by atoms with van der Waals surface area (Å²) < 4.78 is 0. The molecule has 0 aromatic rings. The van der Waals surface area contributed by atoms with Crippen LogP contribution in [0.25, 0.3) is 0 Å². The van der Waals surface area contributed by atoms with E-state index in [1.165, 1.54) is 0 Å². The van der Waals surface area contributed by atoms with Crippen molar-refractivity contribution in [3.05, 3.63) is 0 Å². The van der Waals surface area contributed by atoms with E-state index in [9.17, 15) is 0 Å². The topological polar surface area (TPSA) is 120 Å². The highest BCUT2D eigenvalue weighted by Gasteiger charge is 2.36. The highest BCUT2D eigenvalue weighted by Crippen LogP contribution is 2.26. The Labute approximate surface area is 120 Å². The highest BCUT2D eigenvalue weighted by molar-refractivity contribution is 5.25. The summed E-state index contributed by atoms with van der Waals surface area (Å²) in [4.78, 5) is 0. The number of nitriles is 4. The zero-order valence-electron chi connectivity index (χ0n) is 12.3. The van der Waals surface area contributed by atoms with E-state index < -0.39 is 11.1 Å². The van der Waals surface area contributed by atoms with Gasteiger partial charge in [-0.1, -0.05) is 27.7 Å². The summed E-state index contributed by atoms with van der Waals surface area (Å²) in [5.74, 6) is 0.133. The summed E-state index contributed by atoms with van der Waals surface area (Å²) in [6.45, 7) is 7.42. The molecule has 0 aromatic carbocycles. The minimum absolute atomic E-state index is 0.0666. The van der Waals surface area contributed by atoms with Crippen LogP contribution in [0.1, 0.15) is 40.5 Å². The molecule has 0 bridgehead atoms. The average Bonchev–Trinajstić information content (AvgIpc) is 2.41. The fourth-order valence-corrected chi connectivity index (χ4v) is 1.76. The molecule has 0 spiro atoms. The molecule has 0 aliphatic rings. The first-order chi connectivity index (χ1) is 9.28. The third-order valence-electron chi connectivity index (χ3n) is 2.54. The molecule has 0 unspecified atom stereocenters. The van der Waals surface area contributed by atoms with Gasteiger partial charge in [-0.05, 0) is 11.8 Å². The van der Waals surface area contributed by atoms with Crippen LogP contribution in [-0.2, 0) is 0 Å². The second-order valence-electron chi connectivity index (χ2n) is 5.56. The van der Waals surface area contributed by atoms with Gasteiger partial charge in [-0.25, -0.2) is 0 Å². The van der Waals surface area contributed by atoms with Crippen molar-refractivity contribution < 1.29 is 0 Å². The summed E-state index contributed by atoms with van der Waals surface area (Å²) >= 11 is 0. The van der Waals surface area contributed by atoms with E-state index in [1.807, 2.05) is 52.0 Å². The van der Waals surface area contributed by atoms with E-state index in [0.29, 0.717) is 0 Å². The average molecular weight is 270 g/mol. The second kappa shape index (κ2) is 7.22. The van der Waals surface area contributed by atoms with Crippen molar-refractivity contribution in [2.45, 2.75) is 51.6 Å². The largest absolute Gasteiger partial charge is 0.252 e. The smallest absolute Gasteiger partial charge is 0.194 e. The number of azo groups is 1. The van der Waals surface area contributed by atoms with Crippen LogP contribution in [-0.4, -0.2) is 11.1 Å². The number of rotatable bonds is 6. The zero-order chi connectivity index (χ0) is 15.8. The summed E-state index contributed by atoms with van der Waals surface area (Å²) in [6.07, 6.45) is 0.413. The standard InChI is InChI=1S/C14H18N6/c1-11(2)5-13(7-15,8-16)19-20-14(9-17,10-18)6-12(3)4/h11-12H,5-6H2,1-4H3. The molecule has 20 heavy (non-hydrogen) atoms. The van der Waals surface area contributed by atoms with Crippen molar-refractivity contribution in [3.63, 3.8) is 0 Å². The van der Waals surface area contributed by atoms with Gasteiger partial charge in [0.15, 0.2) is 0 Å². The molecule has 0 aliphatic heterocycles. The van der Waals surface area contributed by atoms with Gasteiger partial charge >= 0.3 is 0 Å². The molecule has 0 saturated heterocycles. The maximum absolute atomic E-state index is 9.16. The Morgan fingerprint density at radius 3 is 1.10 bits per heavy atom. The van der Waals surface area contributed by atoms with Gasteiger partial charge in [-0.15, -0.1) is 0 Å². The van der Waals surface area contributed by atoms with Crippen molar-refractivity contribution in [1.29, 1.82) is 21.0 Å². The minimum Gasteiger partial charge on any atom is -0.194 e. The predicted molar refractivity (Wildman–Crippen MR) is 71.7 cm³/mol. The molecule has 0 saturated carbocycles. The molecule has 0 aromatic heterocycles. The highest BCUT2D eigenvalue weighted by atomic mass is 15.2. The normalized spacial score (nSPS) is 11.9. The van der Waals surface area contributed by atoms with E-state index in [2.05, 4.69) is 10.2 Å². The van der Waals surface area contributed by atoms with Crippen LogP contribution in [0.4, 0.5) is 0 Å². The van der Waals surface area contributed by atoms with Gasteiger partial charge in [0.05, 0.1) is 0 Å². The van der Waals surface area contributed by atoms with Crippen LogP contribution < -0.4 is 0 Å². The Morgan fingerprint density at radius 2 is 0.950 bits per heavy atom. The number of nitrogens with zero attached hydrogens (tertiary/aromatic N) is 6. The first kappa shape index (κ1) is 17.6. The zero-order valence-corrected chi connectivity index (χ0v) is 12.3. The number of hydrogen-bond donors (Lipinski definition) is 0. The molecular weight excluding hydrogens is 252 g/mol. The lowest BCUT2D eigenvalue weighted by Crippen LogP contribution is -2.28. The van der Waals surface area contributed by atoms with Crippen LogP contribution in [0, 0.1) is 57.2 Å². The van der Waals surface area contributed by atoms with E-state index in [-0.39, 0.29) is 24.7 Å². The molecule has 0 N–H and O–H groups in total. The Morgan fingerprint density at radius 1 is 0.700 bits per heavy atom. The van der Waals surface area contributed by atoms with Crippen LogP contribution in [0.2, 0.25) is 0 Å². The lowest BCUT2D eigenvalue weighted by molar-refractivity contribution is 0.431. The van der Waals surface area contributed by atoms with E-state index in [0.717, 1.165) is 0 Å². The minimum atomic E-state index is -1.63. The first-order valence-corrected chi connectivity index (χ1v) is 6.37. The van der Waals surface area contributed by atoms with Crippen LogP contribution >= 0.6 is 0 Å². The monoisotopic (exact) mass is 270 g/mol. The van der Waals surface area contributed by atoms with E-state index in [1.54, 1.807) is 0 Å². The van der Waals surface area contributed by atoms with Crippen molar-refractivity contribution in [3.8, 4) is 24.3 Å². The molecule has 0 atom stereocenters. The SMILES string of the molecule is CC(C)CC(C#N)(C#N)N=NC(C#N)(C#N)CC(C)C. The lowest BCUT2D eigenvalue weighted by Gasteiger charge is -2.18. The lowest BCUT2D eigenvalue weighted by atomic mass is 9.91. The molecule has 0 radical (unpaired) electrons. The molecule has 0 rings (SSSR count). The summed E-state index contributed by atoms with van der Waals surface area (Å²) in [6, 6.07) is 7.32. The summed E-state index contributed by atoms with van der Waals surface area (Å²) in [7, 11) is 0. The molecule has 6 nitrogen and oxygen atoms in total. The summed E-state index contributed by atoms with van der Waals surface area (Å²) in [5, 5.41) is 44.1. The number of hydrogen-bond acceptors (Lipinski definition) is 6. The Kier molecular flexibility index (Phi) is 6.34. The fourth-order valence-electron chi connectivity index (χ4n) is 1.76. The molecular formula is C14H18N6.